The molecule has 0 saturated heterocycles. The Kier molecular flexibility index (Phi) is 3.10. The third-order valence-electron chi connectivity index (χ3n) is 1.81. The van der Waals surface area contributed by atoms with Gasteiger partial charge in [-0.15, -0.1) is 0 Å². The van der Waals surface area contributed by atoms with Crippen molar-refractivity contribution in [2.75, 3.05) is 7.11 Å². The number of hydrogen-bond acceptors (Lipinski definition) is 3. The fourth-order valence-electron chi connectivity index (χ4n) is 1.17. The summed E-state index contributed by atoms with van der Waals surface area (Å²) in [5.74, 6) is -0.489. The first-order valence-electron chi connectivity index (χ1n) is 3.88. The quantitative estimate of drug-likeness (QED) is 0.667. The molecule has 0 amide bonds. The van der Waals surface area contributed by atoms with Crippen molar-refractivity contribution in [3.63, 3.8) is 0 Å². The number of rotatable bonds is 1. The maximum absolute atomic E-state index is 11.3. The van der Waals surface area contributed by atoms with Crippen molar-refractivity contribution in [1.82, 2.24) is 0 Å². The van der Waals surface area contributed by atoms with Gasteiger partial charge in [0.2, 0.25) is 0 Å². The van der Waals surface area contributed by atoms with E-state index in [9.17, 15) is 4.79 Å². The third-order valence-corrected chi connectivity index (χ3v) is 2.10. The van der Waals surface area contributed by atoms with Crippen molar-refractivity contribution in [2.24, 2.45) is 0 Å². The van der Waals surface area contributed by atoms with Gasteiger partial charge < -0.3 is 4.74 Å². The molecule has 0 aliphatic rings. The van der Waals surface area contributed by atoms with Crippen molar-refractivity contribution in [2.45, 2.75) is 6.92 Å². The summed E-state index contributed by atoms with van der Waals surface area (Å²) < 4.78 is 4.57. The average molecular weight is 210 g/mol. The highest BCUT2D eigenvalue weighted by Gasteiger charge is 2.14. The van der Waals surface area contributed by atoms with Crippen molar-refractivity contribution in [3.05, 3.63) is 33.8 Å². The monoisotopic (exact) mass is 209 g/mol. The predicted octanol–water partition coefficient (Wildman–Crippen LogP) is 2.31. The maximum Gasteiger partial charge on any atom is 0.339 e. The lowest BCUT2D eigenvalue weighted by Crippen LogP contribution is -2.05. The molecule has 0 bridgehead atoms. The zero-order chi connectivity index (χ0) is 10.7. The zero-order valence-corrected chi connectivity index (χ0v) is 8.55. The van der Waals surface area contributed by atoms with Crippen LogP contribution in [0.4, 0.5) is 0 Å². The number of hydrogen-bond donors (Lipinski definition) is 0. The van der Waals surface area contributed by atoms with Gasteiger partial charge in [-0.2, -0.15) is 5.26 Å². The van der Waals surface area contributed by atoms with Gasteiger partial charge in [0.15, 0.2) is 0 Å². The van der Waals surface area contributed by atoms with Crippen LogP contribution in [0.15, 0.2) is 12.1 Å². The Labute approximate surface area is 86.9 Å². The summed E-state index contributed by atoms with van der Waals surface area (Å²) in [5.41, 5.74) is 1.38. The first-order valence-corrected chi connectivity index (χ1v) is 4.26. The number of aryl methyl sites for hydroxylation is 1. The molecule has 0 heterocycles. The molecule has 72 valence electrons. The van der Waals surface area contributed by atoms with Crippen LogP contribution in [0.2, 0.25) is 5.02 Å². The molecule has 0 aliphatic heterocycles. The molecule has 0 atom stereocenters. The van der Waals surface area contributed by atoms with Gasteiger partial charge in [-0.3, -0.25) is 0 Å². The highest BCUT2D eigenvalue weighted by molar-refractivity contribution is 6.33. The van der Waals surface area contributed by atoms with Crippen LogP contribution in [0.1, 0.15) is 21.5 Å². The summed E-state index contributed by atoms with van der Waals surface area (Å²) in [6.45, 7) is 1.71. The lowest BCUT2D eigenvalue weighted by Gasteiger charge is -2.06. The van der Waals surface area contributed by atoms with E-state index in [0.717, 1.165) is 0 Å². The number of ether oxygens (including phenoxy) is 1. The number of nitrogens with zero attached hydrogens (tertiary/aromatic N) is 1. The zero-order valence-electron chi connectivity index (χ0n) is 7.80. The second kappa shape index (κ2) is 4.12. The van der Waals surface area contributed by atoms with E-state index < -0.39 is 5.97 Å². The summed E-state index contributed by atoms with van der Waals surface area (Å²) in [6.07, 6.45) is 0. The number of benzene rings is 1. The summed E-state index contributed by atoms with van der Waals surface area (Å²) in [4.78, 5) is 11.3. The highest BCUT2D eigenvalue weighted by atomic mass is 35.5. The van der Waals surface area contributed by atoms with E-state index in [-0.39, 0.29) is 5.02 Å². The SMILES string of the molecule is COC(=O)c1c(C)cc(C#N)cc1Cl. The lowest BCUT2D eigenvalue weighted by atomic mass is 10.1. The topological polar surface area (TPSA) is 50.1 Å². The summed E-state index contributed by atoms with van der Waals surface area (Å²) in [5, 5.41) is 8.89. The number of methoxy groups -OCH3 is 1. The predicted molar refractivity (Wildman–Crippen MR) is 52.2 cm³/mol. The summed E-state index contributed by atoms with van der Waals surface area (Å²) >= 11 is 5.84. The van der Waals surface area contributed by atoms with Crippen molar-refractivity contribution in [3.8, 4) is 6.07 Å². The van der Waals surface area contributed by atoms with Gasteiger partial charge in [0, 0.05) is 0 Å². The van der Waals surface area contributed by atoms with Crippen molar-refractivity contribution in [1.29, 1.82) is 5.26 Å². The molecule has 1 rings (SSSR count). The Bertz CT molecular complexity index is 398. The molecule has 0 saturated carbocycles. The van der Waals surface area contributed by atoms with Crippen LogP contribution < -0.4 is 0 Å². The normalized spacial score (nSPS) is 9.29. The second-order valence-electron chi connectivity index (χ2n) is 2.75. The molecule has 1 aromatic rings. The van der Waals surface area contributed by atoms with E-state index in [1.165, 1.54) is 13.2 Å². The van der Waals surface area contributed by atoms with Crippen molar-refractivity contribution < 1.29 is 9.53 Å². The van der Waals surface area contributed by atoms with Crippen LogP contribution in [0.25, 0.3) is 0 Å². The second-order valence-corrected chi connectivity index (χ2v) is 3.16. The number of esters is 1. The number of halogens is 1. The van der Waals surface area contributed by atoms with Crippen LogP contribution >= 0.6 is 11.6 Å². The Hall–Kier alpha value is -1.53. The third kappa shape index (κ3) is 1.86. The lowest BCUT2D eigenvalue weighted by molar-refractivity contribution is 0.0600. The van der Waals surface area contributed by atoms with E-state index in [1.54, 1.807) is 13.0 Å². The molecule has 0 unspecified atom stereocenters. The summed E-state index contributed by atoms with van der Waals surface area (Å²) in [7, 11) is 1.29. The Balaban J connectivity index is 3.34. The number of carbonyl (C=O) groups excluding carboxylic acids is 1. The van der Waals surface area contributed by atoms with E-state index in [1.807, 2.05) is 6.07 Å². The Morgan fingerprint density at radius 3 is 2.64 bits per heavy atom. The van der Waals surface area contributed by atoms with Crippen molar-refractivity contribution >= 4 is 17.6 Å². The minimum atomic E-state index is -0.489. The molecule has 4 heteroatoms. The van der Waals surface area contributed by atoms with Gasteiger partial charge in [0.1, 0.15) is 0 Å². The number of carbonyl (C=O) groups is 1. The fraction of sp³-hybridized carbons (Fsp3) is 0.200. The van der Waals surface area contributed by atoms with Gasteiger partial charge in [-0.1, -0.05) is 11.6 Å². The standard InChI is InChI=1S/C10H8ClNO2/c1-6-3-7(5-12)4-8(11)9(6)10(13)14-2/h3-4H,1-2H3. The molecule has 0 radical (unpaired) electrons. The summed E-state index contributed by atoms with van der Waals surface area (Å²) in [6, 6.07) is 5.00. The molecular formula is C10H8ClNO2. The maximum atomic E-state index is 11.3. The van der Waals surface area contributed by atoms with Crippen LogP contribution in [-0.4, -0.2) is 13.1 Å². The van der Waals surface area contributed by atoms with E-state index in [2.05, 4.69) is 4.74 Å². The van der Waals surface area contributed by atoms with E-state index in [0.29, 0.717) is 16.7 Å². The molecule has 0 aliphatic carbocycles. The van der Waals surface area contributed by atoms with Gasteiger partial charge in [-0.25, -0.2) is 4.79 Å². The van der Waals surface area contributed by atoms with Crippen LogP contribution in [0.3, 0.4) is 0 Å². The van der Waals surface area contributed by atoms with Gasteiger partial charge in [0.25, 0.3) is 0 Å². The van der Waals surface area contributed by atoms with Gasteiger partial charge in [-0.05, 0) is 24.6 Å². The van der Waals surface area contributed by atoms with Crippen LogP contribution in [0.5, 0.6) is 0 Å². The molecule has 14 heavy (non-hydrogen) atoms. The molecule has 0 fully saturated rings. The highest BCUT2D eigenvalue weighted by Crippen LogP contribution is 2.22. The molecule has 0 spiro atoms. The van der Waals surface area contributed by atoms with Crippen LogP contribution in [-0.2, 0) is 4.74 Å². The van der Waals surface area contributed by atoms with Crippen LogP contribution in [0, 0.1) is 18.3 Å². The fourth-order valence-corrected chi connectivity index (χ4v) is 1.51. The molecule has 0 N–H and O–H groups in total. The number of nitriles is 1. The molecular weight excluding hydrogens is 202 g/mol. The molecule has 3 nitrogen and oxygen atoms in total. The Morgan fingerprint density at radius 1 is 1.57 bits per heavy atom. The van der Waals surface area contributed by atoms with Gasteiger partial charge in [0.05, 0.1) is 29.3 Å². The van der Waals surface area contributed by atoms with E-state index >= 15 is 0 Å². The van der Waals surface area contributed by atoms with E-state index in [4.69, 9.17) is 16.9 Å². The first-order chi connectivity index (χ1) is 6.60. The molecule has 0 aromatic heterocycles. The van der Waals surface area contributed by atoms with Gasteiger partial charge >= 0.3 is 5.97 Å². The largest absolute Gasteiger partial charge is 0.465 e. The smallest absolute Gasteiger partial charge is 0.339 e. The molecule has 1 aromatic carbocycles. The average Bonchev–Trinajstić information content (AvgIpc) is 2.16. The minimum absolute atomic E-state index is 0.244. The minimum Gasteiger partial charge on any atom is -0.465 e. The first kappa shape index (κ1) is 10.6. The Morgan fingerprint density at radius 2 is 2.21 bits per heavy atom.